The van der Waals surface area contributed by atoms with Gasteiger partial charge in [-0.1, -0.05) is 41.4 Å². The molecule has 0 atom stereocenters. The van der Waals surface area contributed by atoms with E-state index in [9.17, 15) is 19.2 Å². The Morgan fingerprint density at radius 2 is 1.77 bits per heavy atom. The van der Waals surface area contributed by atoms with E-state index in [1.807, 2.05) is 6.07 Å². The van der Waals surface area contributed by atoms with Crippen molar-refractivity contribution in [2.45, 2.75) is 0 Å². The van der Waals surface area contributed by atoms with Gasteiger partial charge < -0.3 is 10.1 Å². The third kappa shape index (κ3) is 5.92. The fraction of sp³-hybridized carbons (Fsp3) is 0. The Hall–Kier alpha value is -3.66. The van der Waals surface area contributed by atoms with E-state index in [1.54, 1.807) is 18.2 Å². The third-order valence-electron chi connectivity index (χ3n) is 3.98. The number of amides is 1. The highest BCUT2D eigenvalue weighted by molar-refractivity contribution is 6.42. The molecular formula is C23H13Cl2FN2O3. The monoisotopic (exact) mass is 454 g/mol. The van der Waals surface area contributed by atoms with E-state index in [4.69, 9.17) is 27.9 Å². The lowest BCUT2D eigenvalue weighted by atomic mass is 10.1. The largest absolute Gasteiger partial charge is 0.423 e. The Morgan fingerprint density at radius 1 is 1.00 bits per heavy atom. The summed E-state index contributed by atoms with van der Waals surface area (Å²) >= 11 is 11.8. The number of ether oxygens (including phenoxy) is 1. The predicted octanol–water partition coefficient (Wildman–Crippen LogP) is 5.90. The Labute approximate surface area is 187 Å². The average molecular weight is 455 g/mol. The molecule has 3 aromatic carbocycles. The summed E-state index contributed by atoms with van der Waals surface area (Å²) in [5.41, 5.74) is 0.697. The summed E-state index contributed by atoms with van der Waals surface area (Å²) in [6, 6.07) is 17.7. The van der Waals surface area contributed by atoms with Crippen molar-refractivity contribution in [1.29, 1.82) is 5.26 Å². The Balaban J connectivity index is 1.76. The van der Waals surface area contributed by atoms with Crippen LogP contribution < -0.4 is 10.1 Å². The van der Waals surface area contributed by atoms with E-state index in [-0.39, 0.29) is 21.9 Å². The topological polar surface area (TPSA) is 79.2 Å². The second-order valence-electron chi connectivity index (χ2n) is 6.23. The van der Waals surface area contributed by atoms with Crippen LogP contribution in [0.5, 0.6) is 5.75 Å². The van der Waals surface area contributed by atoms with Gasteiger partial charge >= 0.3 is 5.97 Å². The summed E-state index contributed by atoms with van der Waals surface area (Å²) in [5.74, 6) is -1.77. The van der Waals surface area contributed by atoms with Crippen molar-refractivity contribution in [3.8, 4) is 11.8 Å². The molecule has 0 spiro atoms. The van der Waals surface area contributed by atoms with Gasteiger partial charge in [-0.15, -0.1) is 0 Å². The molecule has 0 heterocycles. The Kier molecular flexibility index (Phi) is 7.03. The van der Waals surface area contributed by atoms with Gasteiger partial charge in [0.1, 0.15) is 23.2 Å². The normalized spacial score (nSPS) is 10.8. The minimum absolute atomic E-state index is 0.0552. The first-order chi connectivity index (χ1) is 14.9. The lowest BCUT2D eigenvalue weighted by molar-refractivity contribution is -0.112. The zero-order chi connectivity index (χ0) is 22.4. The number of nitrogens with one attached hydrogen (secondary N) is 1. The van der Waals surface area contributed by atoms with Crippen molar-refractivity contribution >= 4 is 46.8 Å². The molecule has 0 aliphatic rings. The van der Waals surface area contributed by atoms with Gasteiger partial charge in [-0.25, -0.2) is 9.18 Å². The molecule has 8 heteroatoms. The average Bonchev–Trinajstić information content (AvgIpc) is 2.75. The fourth-order valence-electron chi connectivity index (χ4n) is 2.54. The highest BCUT2D eigenvalue weighted by Gasteiger charge is 2.12. The first-order valence-corrected chi connectivity index (χ1v) is 9.57. The fourth-order valence-corrected chi connectivity index (χ4v) is 2.83. The van der Waals surface area contributed by atoms with Crippen LogP contribution in [0.25, 0.3) is 6.08 Å². The van der Waals surface area contributed by atoms with Crippen molar-refractivity contribution in [1.82, 2.24) is 0 Å². The lowest BCUT2D eigenvalue weighted by Crippen LogP contribution is -2.13. The molecule has 0 saturated carbocycles. The molecule has 0 fully saturated rings. The number of hydrogen-bond acceptors (Lipinski definition) is 4. The van der Waals surface area contributed by atoms with Gasteiger partial charge in [-0.2, -0.15) is 5.26 Å². The van der Waals surface area contributed by atoms with Gasteiger partial charge in [0.2, 0.25) is 0 Å². The summed E-state index contributed by atoms with van der Waals surface area (Å²) in [6.07, 6.45) is 1.34. The molecule has 0 unspecified atom stereocenters. The van der Waals surface area contributed by atoms with Crippen LogP contribution in [0.1, 0.15) is 15.9 Å². The molecule has 0 saturated heterocycles. The Morgan fingerprint density at radius 3 is 2.48 bits per heavy atom. The van der Waals surface area contributed by atoms with E-state index in [0.717, 1.165) is 6.07 Å². The first-order valence-electron chi connectivity index (χ1n) is 8.82. The van der Waals surface area contributed by atoms with Crippen molar-refractivity contribution in [3.63, 3.8) is 0 Å². The Bertz CT molecular complexity index is 1240. The van der Waals surface area contributed by atoms with E-state index < -0.39 is 17.7 Å². The number of nitriles is 1. The molecule has 0 aliphatic carbocycles. The highest BCUT2D eigenvalue weighted by Crippen LogP contribution is 2.25. The smallest absolute Gasteiger partial charge is 0.343 e. The van der Waals surface area contributed by atoms with Crippen LogP contribution in [-0.2, 0) is 4.79 Å². The maximum Gasteiger partial charge on any atom is 0.343 e. The van der Waals surface area contributed by atoms with Gasteiger partial charge in [0.25, 0.3) is 5.91 Å². The summed E-state index contributed by atoms with van der Waals surface area (Å²) in [6.45, 7) is 0. The van der Waals surface area contributed by atoms with Crippen molar-refractivity contribution in [3.05, 3.63) is 99.3 Å². The maximum atomic E-state index is 13.3. The lowest BCUT2D eigenvalue weighted by Gasteiger charge is -2.07. The number of hydrogen-bond donors (Lipinski definition) is 1. The van der Waals surface area contributed by atoms with E-state index in [0.29, 0.717) is 16.3 Å². The summed E-state index contributed by atoms with van der Waals surface area (Å²) in [5, 5.41) is 12.5. The van der Waals surface area contributed by atoms with Crippen LogP contribution in [-0.4, -0.2) is 11.9 Å². The molecule has 3 aromatic rings. The van der Waals surface area contributed by atoms with Gasteiger partial charge in [0.15, 0.2) is 0 Å². The molecule has 31 heavy (non-hydrogen) atoms. The molecule has 3 rings (SSSR count). The summed E-state index contributed by atoms with van der Waals surface area (Å²) < 4.78 is 18.5. The SMILES string of the molecule is N#C/C(=C\c1cccc(OC(=O)c2cccc(F)c2)c1)C(=O)Nc1ccc(Cl)c(Cl)c1. The van der Waals surface area contributed by atoms with Crippen molar-refractivity contribution in [2.75, 3.05) is 5.32 Å². The zero-order valence-corrected chi connectivity index (χ0v) is 17.2. The van der Waals surface area contributed by atoms with Crippen LogP contribution in [0, 0.1) is 17.1 Å². The standard InChI is InChI=1S/C23H13Cl2FN2O3/c24-20-8-7-18(12-21(20)25)28-22(29)16(13-27)9-14-3-1-6-19(10-14)31-23(30)15-4-2-5-17(26)11-15/h1-12H,(H,28,29)/b16-9+. The van der Waals surface area contributed by atoms with E-state index >= 15 is 0 Å². The molecule has 5 nitrogen and oxygen atoms in total. The molecule has 154 valence electrons. The second kappa shape index (κ2) is 9.90. The summed E-state index contributed by atoms with van der Waals surface area (Å²) in [4.78, 5) is 24.6. The minimum atomic E-state index is -0.738. The van der Waals surface area contributed by atoms with Gasteiger partial charge in [-0.05, 0) is 60.2 Å². The first kappa shape index (κ1) is 22.0. The van der Waals surface area contributed by atoms with Crippen molar-refractivity contribution < 1.29 is 18.7 Å². The minimum Gasteiger partial charge on any atom is -0.423 e. The molecule has 1 amide bonds. The highest BCUT2D eigenvalue weighted by atomic mass is 35.5. The van der Waals surface area contributed by atoms with Crippen LogP contribution in [0.4, 0.5) is 10.1 Å². The van der Waals surface area contributed by atoms with E-state index in [1.165, 1.54) is 48.5 Å². The number of halogens is 3. The van der Waals surface area contributed by atoms with Crippen LogP contribution in [0.2, 0.25) is 10.0 Å². The number of nitrogens with zero attached hydrogens (tertiary/aromatic N) is 1. The molecular weight excluding hydrogens is 442 g/mol. The molecule has 0 bridgehead atoms. The number of carbonyl (C=O) groups is 2. The van der Waals surface area contributed by atoms with Gasteiger partial charge in [0.05, 0.1) is 15.6 Å². The second-order valence-corrected chi connectivity index (χ2v) is 7.04. The van der Waals surface area contributed by atoms with Crippen LogP contribution in [0.15, 0.2) is 72.3 Å². The molecule has 0 radical (unpaired) electrons. The predicted molar refractivity (Wildman–Crippen MR) is 116 cm³/mol. The zero-order valence-electron chi connectivity index (χ0n) is 15.7. The van der Waals surface area contributed by atoms with Crippen LogP contribution >= 0.6 is 23.2 Å². The quantitative estimate of drug-likeness (QED) is 0.225. The number of benzene rings is 3. The molecule has 0 aliphatic heterocycles. The molecule has 1 N–H and O–H groups in total. The van der Waals surface area contributed by atoms with Crippen molar-refractivity contribution in [2.24, 2.45) is 0 Å². The summed E-state index contributed by atoms with van der Waals surface area (Å²) in [7, 11) is 0. The van der Waals surface area contributed by atoms with Gasteiger partial charge in [0, 0.05) is 5.69 Å². The number of anilines is 1. The van der Waals surface area contributed by atoms with Crippen LogP contribution in [0.3, 0.4) is 0 Å². The van der Waals surface area contributed by atoms with E-state index in [2.05, 4.69) is 5.32 Å². The van der Waals surface area contributed by atoms with Gasteiger partial charge in [-0.3, -0.25) is 4.79 Å². The third-order valence-corrected chi connectivity index (χ3v) is 4.72. The number of esters is 1. The number of carbonyl (C=O) groups excluding carboxylic acids is 2. The molecule has 0 aromatic heterocycles. The maximum absolute atomic E-state index is 13.3. The number of rotatable bonds is 5.